The van der Waals surface area contributed by atoms with Gasteiger partial charge < -0.3 is 4.74 Å². The van der Waals surface area contributed by atoms with E-state index in [1.165, 1.54) is 0 Å². The molecular formula is C16H14N2O4S. The number of aromatic nitrogens is 1. The van der Waals surface area contributed by atoms with Crippen molar-refractivity contribution in [2.45, 2.75) is 30.4 Å². The first-order valence-corrected chi connectivity index (χ1v) is 8.68. The Labute approximate surface area is 133 Å². The maximum absolute atomic E-state index is 13.1. The zero-order valence-corrected chi connectivity index (χ0v) is 13.2. The molecule has 0 amide bonds. The Balaban J connectivity index is 1.87. The third-order valence-corrected chi connectivity index (χ3v) is 5.98. The summed E-state index contributed by atoms with van der Waals surface area (Å²) < 4.78 is 32.5. The molecule has 1 aromatic heterocycles. The van der Waals surface area contributed by atoms with Crippen LogP contribution in [0, 0.1) is 6.92 Å². The molecule has 2 aromatic rings. The third-order valence-electron chi connectivity index (χ3n) is 4.22. The van der Waals surface area contributed by atoms with Crippen LogP contribution in [0.1, 0.15) is 23.5 Å². The second-order valence-corrected chi connectivity index (χ2v) is 7.54. The number of carbonyl (C=O) groups is 1. The van der Waals surface area contributed by atoms with Crippen molar-refractivity contribution in [3.8, 4) is 0 Å². The van der Waals surface area contributed by atoms with Crippen molar-refractivity contribution < 1.29 is 17.9 Å². The van der Waals surface area contributed by atoms with Crippen LogP contribution in [-0.4, -0.2) is 25.6 Å². The van der Waals surface area contributed by atoms with E-state index in [9.17, 15) is 13.2 Å². The lowest BCUT2D eigenvalue weighted by Gasteiger charge is -2.24. The van der Waals surface area contributed by atoms with Gasteiger partial charge in [0.2, 0.25) is 0 Å². The number of nitrogens with zero attached hydrogens (tertiary/aromatic N) is 2. The van der Waals surface area contributed by atoms with Crippen LogP contribution in [0.15, 0.2) is 47.5 Å². The van der Waals surface area contributed by atoms with Gasteiger partial charge in [0.25, 0.3) is 10.0 Å². The topological polar surface area (TPSA) is 76.6 Å². The van der Waals surface area contributed by atoms with Crippen LogP contribution in [0.25, 0.3) is 0 Å². The van der Waals surface area contributed by atoms with E-state index >= 15 is 0 Å². The smallest absolute Gasteiger partial charge is 0.308 e. The normalized spacial score (nSPS) is 22.7. The van der Waals surface area contributed by atoms with Gasteiger partial charge in [-0.2, -0.15) is 0 Å². The van der Waals surface area contributed by atoms with Crippen molar-refractivity contribution in [1.82, 2.24) is 4.98 Å². The highest BCUT2D eigenvalue weighted by molar-refractivity contribution is 7.92. The van der Waals surface area contributed by atoms with Gasteiger partial charge in [-0.25, -0.2) is 17.7 Å². The summed E-state index contributed by atoms with van der Waals surface area (Å²) in [5.74, 6) is -0.347. The molecule has 4 rings (SSSR count). The maximum atomic E-state index is 13.1. The second-order valence-electron chi connectivity index (χ2n) is 5.72. The lowest BCUT2D eigenvalue weighted by Crippen LogP contribution is -2.39. The van der Waals surface area contributed by atoms with E-state index in [0.717, 1.165) is 15.4 Å². The van der Waals surface area contributed by atoms with Crippen molar-refractivity contribution >= 4 is 21.8 Å². The number of rotatable bonds is 2. The number of benzene rings is 1. The van der Waals surface area contributed by atoms with Gasteiger partial charge in [-0.15, -0.1) is 0 Å². The molecule has 1 aromatic carbocycles. The number of hydrogen-bond donors (Lipinski definition) is 0. The molecule has 118 valence electrons. The predicted octanol–water partition coefficient (Wildman–Crippen LogP) is 1.96. The molecule has 2 atom stereocenters. The second kappa shape index (κ2) is 4.79. The van der Waals surface area contributed by atoms with Gasteiger partial charge in [0.15, 0.2) is 6.23 Å². The highest BCUT2D eigenvalue weighted by atomic mass is 32.2. The fourth-order valence-electron chi connectivity index (χ4n) is 3.10. The SMILES string of the molecule is Cc1ccc(S(=O)(=O)N2c3ncccc3[C@H]3CC(=O)O[C@H]32)cc1. The lowest BCUT2D eigenvalue weighted by molar-refractivity contribution is -0.140. The van der Waals surface area contributed by atoms with Crippen molar-refractivity contribution in [3.63, 3.8) is 0 Å². The average molecular weight is 330 g/mol. The number of pyridine rings is 1. The van der Waals surface area contributed by atoms with Crippen LogP contribution >= 0.6 is 0 Å². The van der Waals surface area contributed by atoms with E-state index in [-0.39, 0.29) is 17.2 Å². The molecule has 7 heteroatoms. The summed E-state index contributed by atoms with van der Waals surface area (Å²) in [4.78, 5) is 16.0. The van der Waals surface area contributed by atoms with E-state index in [1.807, 2.05) is 6.92 Å². The largest absolute Gasteiger partial charge is 0.440 e. The standard InChI is InChI=1S/C16H14N2O4S/c1-10-4-6-11(7-5-10)23(20,21)18-15-12(3-2-8-17-15)13-9-14(19)22-16(13)18/h2-8,13,16H,9H2,1H3/t13-,16-/m1/s1. The molecule has 3 heterocycles. The Hall–Kier alpha value is -2.41. The van der Waals surface area contributed by atoms with Gasteiger partial charge in [0, 0.05) is 11.8 Å². The summed E-state index contributed by atoms with van der Waals surface area (Å²) in [5, 5.41) is 0. The van der Waals surface area contributed by atoms with Crippen LogP contribution in [0.2, 0.25) is 0 Å². The molecule has 0 N–H and O–H groups in total. The summed E-state index contributed by atoms with van der Waals surface area (Å²) >= 11 is 0. The molecular weight excluding hydrogens is 316 g/mol. The van der Waals surface area contributed by atoms with Crippen molar-refractivity contribution in [1.29, 1.82) is 0 Å². The van der Waals surface area contributed by atoms with Crippen molar-refractivity contribution in [2.75, 3.05) is 4.31 Å². The third kappa shape index (κ3) is 2.03. The quantitative estimate of drug-likeness (QED) is 0.787. The monoisotopic (exact) mass is 330 g/mol. The van der Waals surface area contributed by atoms with Gasteiger partial charge in [0.05, 0.1) is 17.2 Å². The molecule has 1 fully saturated rings. The van der Waals surface area contributed by atoms with E-state index in [0.29, 0.717) is 5.82 Å². The zero-order valence-electron chi connectivity index (χ0n) is 12.3. The number of sulfonamides is 1. The molecule has 0 spiro atoms. The Kier molecular flexibility index (Phi) is 2.96. The lowest BCUT2D eigenvalue weighted by atomic mass is 10.0. The van der Waals surface area contributed by atoms with Gasteiger partial charge in [-0.3, -0.25) is 4.79 Å². The Morgan fingerprint density at radius 3 is 2.70 bits per heavy atom. The molecule has 2 aliphatic rings. The molecule has 2 aliphatic heterocycles. The number of carbonyl (C=O) groups excluding carboxylic acids is 1. The maximum Gasteiger partial charge on any atom is 0.308 e. The molecule has 0 aliphatic carbocycles. The van der Waals surface area contributed by atoms with E-state index in [1.54, 1.807) is 42.6 Å². The first-order chi connectivity index (χ1) is 11.0. The average Bonchev–Trinajstić information content (AvgIpc) is 3.02. The Bertz CT molecular complexity index is 893. The van der Waals surface area contributed by atoms with Gasteiger partial charge in [-0.1, -0.05) is 23.8 Å². The van der Waals surface area contributed by atoms with Gasteiger partial charge in [0.1, 0.15) is 5.82 Å². The van der Waals surface area contributed by atoms with Crippen LogP contribution in [0.4, 0.5) is 5.82 Å². The molecule has 0 unspecified atom stereocenters. The molecule has 23 heavy (non-hydrogen) atoms. The molecule has 0 bridgehead atoms. The number of ether oxygens (including phenoxy) is 1. The minimum atomic E-state index is -3.85. The minimum Gasteiger partial charge on any atom is -0.440 e. The summed E-state index contributed by atoms with van der Waals surface area (Å²) in [6, 6.07) is 10.1. The van der Waals surface area contributed by atoms with Gasteiger partial charge >= 0.3 is 5.97 Å². The number of aryl methyl sites for hydroxylation is 1. The minimum absolute atomic E-state index is 0.156. The zero-order chi connectivity index (χ0) is 16.2. The van der Waals surface area contributed by atoms with E-state index in [4.69, 9.17) is 4.74 Å². The fourth-order valence-corrected chi connectivity index (χ4v) is 4.65. The first kappa shape index (κ1) is 14.2. The summed E-state index contributed by atoms with van der Waals surface area (Å²) in [6.45, 7) is 1.89. The van der Waals surface area contributed by atoms with Crippen LogP contribution in [-0.2, 0) is 19.6 Å². The Morgan fingerprint density at radius 2 is 1.96 bits per heavy atom. The highest BCUT2D eigenvalue weighted by Gasteiger charge is 2.52. The Morgan fingerprint density at radius 1 is 1.22 bits per heavy atom. The molecule has 6 nitrogen and oxygen atoms in total. The summed E-state index contributed by atoms with van der Waals surface area (Å²) in [7, 11) is -3.85. The van der Waals surface area contributed by atoms with E-state index < -0.39 is 22.2 Å². The van der Waals surface area contributed by atoms with Crippen molar-refractivity contribution in [3.05, 3.63) is 53.7 Å². The predicted molar refractivity (Wildman–Crippen MR) is 82.3 cm³/mol. The van der Waals surface area contributed by atoms with E-state index in [2.05, 4.69) is 4.98 Å². The molecule has 0 radical (unpaired) electrons. The number of hydrogen-bond acceptors (Lipinski definition) is 5. The number of anilines is 1. The fraction of sp³-hybridized carbons (Fsp3) is 0.250. The first-order valence-electron chi connectivity index (χ1n) is 7.24. The molecule has 0 saturated carbocycles. The van der Waals surface area contributed by atoms with Crippen LogP contribution < -0.4 is 4.31 Å². The summed E-state index contributed by atoms with van der Waals surface area (Å²) in [6.07, 6.45) is 0.863. The summed E-state index contributed by atoms with van der Waals surface area (Å²) in [5.41, 5.74) is 1.70. The highest BCUT2D eigenvalue weighted by Crippen LogP contribution is 2.47. The molecule has 1 saturated heterocycles. The van der Waals surface area contributed by atoms with Crippen molar-refractivity contribution in [2.24, 2.45) is 0 Å². The number of fused-ring (bicyclic) bond motifs is 3. The van der Waals surface area contributed by atoms with Crippen LogP contribution in [0.5, 0.6) is 0 Å². The van der Waals surface area contributed by atoms with Crippen LogP contribution in [0.3, 0.4) is 0 Å². The van der Waals surface area contributed by atoms with Gasteiger partial charge in [-0.05, 0) is 25.1 Å². The number of esters is 1.